The molecule has 2 N–H and O–H groups in total. The maximum atomic E-state index is 13.1. The van der Waals surface area contributed by atoms with Crippen molar-refractivity contribution in [2.24, 2.45) is 5.73 Å². The van der Waals surface area contributed by atoms with E-state index in [4.69, 9.17) is 22.1 Å². The molecule has 138 valence electrons. The van der Waals surface area contributed by atoms with E-state index in [-0.39, 0.29) is 18.9 Å². The highest BCUT2D eigenvalue weighted by Gasteiger charge is 2.21. The van der Waals surface area contributed by atoms with Crippen LogP contribution in [-0.2, 0) is 22.7 Å². The van der Waals surface area contributed by atoms with Gasteiger partial charge in [-0.3, -0.25) is 14.2 Å². The molecule has 0 saturated heterocycles. The first kappa shape index (κ1) is 18.8. The summed E-state index contributed by atoms with van der Waals surface area (Å²) in [4.78, 5) is 24.2. The molecule has 0 spiro atoms. The van der Waals surface area contributed by atoms with Gasteiger partial charge in [-0.05, 0) is 18.2 Å². The molecule has 7 nitrogen and oxygen atoms in total. The maximum Gasteiger partial charge on any atom is 0.303 e. The molecule has 0 amide bonds. The van der Waals surface area contributed by atoms with Crippen molar-refractivity contribution in [3.05, 3.63) is 76.3 Å². The van der Waals surface area contributed by atoms with Crippen molar-refractivity contribution in [1.82, 2.24) is 14.8 Å². The number of ketones is 1. The van der Waals surface area contributed by atoms with E-state index in [1.807, 2.05) is 6.07 Å². The van der Waals surface area contributed by atoms with E-state index in [1.165, 1.54) is 6.92 Å². The van der Waals surface area contributed by atoms with Crippen LogP contribution in [0.3, 0.4) is 0 Å². The van der Waals surface area contributed by atoms with Gasteiger partial charge in [0.15, 0.2) is 24.0 Å². The lowest BCUT2D eigenvalue weighted by Gasteiger charge is -2.14. The zero-order valence-electron chi connectivity index (χ0n) is 14.6. The average molecular weight is 385 g/mol. The van der Waals surface area contributed by atoms with Crippen molar-refractivity contribution < 1.29 is 14.3 Å². The van der Waals surface area contributed by atoms with Gasteiger partial charge in [0.2, 0.25) is 0 Å². The minimum Gasteiger partial charge on any atom is -0.458 e. The molecule has 0 bridgehead atoms. The van der Waals surface area contributed by atoms with Crippen LogP contribution in [0.15, 0.2) is 48.5 Å². The third kappa shape index (κ3) is 4.05. The number of hydrogen-bond donors (Lipinski definition) is 1. The quantitative estimate of drug-likeness (QED) is 0.518. The number of ether oxygens (including phenoxy) is 1. The lowest BCUT2D eigenvalue weighted by Crippen LogP contribution is -2.15. The number of halogens is 1. The molecule has 0 aliphatic carbocycles. The van der Waals surface area contributed by atoms with Crippen molar-refractivity contribution in [1.29, 1.82) is 0 Å². The van der Waals surface area contributed by atoms with Crippen LogP contribution >= 0.6 is 11.6 Å². The highest BCUT2D eigenvalue weighted by atomic mass is 35.5. The third-order valence-corrected chi connectivity index (χ3v) is 4.10. The van der Waals surface area contributed by atoms with Crippen LogP contribution in [0.25, 0.3) is 5.69 Å². The molecule has 1 aromatic heterocycles. The van der Waals surface area contributed by atoms with Gasteiger partial charge in [0, 0.05) is 23.1 Å². The fourth-order valence-corrected chi connectivity index (χ4v) is 2.83. The van der Waals surface area contributed by atoms with E-state index in [1.54, 1.807) is 47.0 Å². The van der Waals surface area contributed by atoms with E-state index in [0.717, 1.165) is 0 Å². The predicted octanol–water partition coefficient (Wildman–Crippen LogP) is 2.67. The number of hydrogen-bond acceptors (Lipinski definition) is 6. The lowest BCUT2D eigenvalue weighted by molar-refractivity contribution is -0.142. The molecule has 3 rings (SSSR count). The third-order valence-electron chi connectivity index (χ3n) is 3.86. The van der Waals surface area contributed by atoms with Crippen molar-refractivity contribution in [3.63, 3.8) is 0 Å². The molecular weight excluding hydrogens is 368 g/mol. The van der Waals surface area contributed by atoms with Crippen molar-refractivity contribution in [3.8, 4) is 5.69 Å². The fourth-order valence-electron chi connectivity index (χ4n) is 2.65. The molecule has 27 heavy (non-hydrogen) atoms. The number of carbonyl (C=O) groups excluding carboxylic acids is 2. The Morgan fingerprint density at radius 1 is 1.11 bits per heavy atom. The first-order valence-electron chi connectivity index (χ1n) is 8.17. The molecule has 0 aliphatic rings. The number of aromatic nitrogens is 3. The van der Waals surface area contributed by atoms with E-state index in [9.17, 15) is 9.59 Å². The molecule has 2 aromatic carbocycles. The van der Waals surface area contributed by atoms with Crippen LogP contribution in [0.1, 0.15) is 34.5 Å². The lowest BCUT2D eigenvalue weighted by atomic mass is 10.0. The smallest absolute Gasteiger partial charge is 0.303 e. The van der Waals surface area contributed by atoms with E-state index < -0.39 is 5.97 Å². The van der Waals surface area contributed by atoms with E-state index in [0.29, 0.717) is 33.5 Å². The van der Waals surface area contributed by atoms with Crippen molar-refractivity contribution >= 4 is 23.4 Å². The molecule has 0 unspecified atom stereocenters. The van der Waals surface area contributed by atoms with Crippen LogP contribution in [0.4, 0.5) is 0 Å². The second-order valence-electron chi connectivity index (χ2n) is 5.71. The van der Waals surface area contributed by atoms with Gasteiger partial charge in [-0.1, -0.05) is 41.9 Å². The first-order chi connectivity index (χ1) is 13.0. The molecule has 0 radical (unpaired) electrons. The Hall–Kier alpha value is -3.03. The van der Waals surface area contributed by atoms with E-state index in [2.05, 4.69) is 10.2 Å². The van der Waals surface area contributed by atoms with Crippen LogP contribution in [0, 0.1) is 0 Å². The molecule has 0 atom stereocenters. The number of carbonyl (C=O) groups is 2. The summed E-state index contributed by atoms with van der Waals surface area (Å²) in [6.45, 7) is 1.30. The van der Waals surface area contributed by atoms with Crippen molar-refractivity contribution in [2.45, 2.75) is 20.1 Å². The summed E-state index contributed by atoms with van der Waals surface area (Å²) in [7, 11) is 0. The van der Waals surface area contributed by atoms with Gasteiger partial charge >= 0.3 is 5.97 Å². The van der Waals surface area contributed by atoms with Crippen LogP contribution in [0.2, 0.25) is 5.02 Å². The number of nitrogens with zero attached hydrogens (tertiary/aromatic N) is 3. The Balaban J connectivity index is 2.14. The van der Waals surface area contributed by atoms with Crippen LogP contribution < -0.4 is 5.73 Å². The topological polar surface area (TPSA) is 100 Å². The summed E-state index contributed by atoms with van der Waals surface area (Å²) >= 11 is 6.14. The summed E-state index contributed by atoms with van der Waals surface area (Å²) in [6, 6.07) is 13.8. The predicted molar refractivity (Wildman–Crippen MR) is 99.6 cm³/mol. The van der Waals surface area contributed by atoms with Gasteiger partial charge in [0.25, 0.3) is 0 Å². The molecule has 0 saturated carbocycles. The summed E-state index contributed by atoms with van der Waals surface area (Å²) in [5, 5.41) is 8.50. The summed E-state index contributed by atoms with van der Waals surface area (Å²) in [6.07, 6.45) is 0. The minimum atomic E-state index is -0.449. The highest BCUT2D eigenvalue weighted by Crippen LogP contribution is 2.25. The average Bonchev–Trinajstić information content (AvgIpc) is 3.09. The van der Waals surface area contributed by atoms with Gasteiger partial charge in [-0.15, -0.1) is 10.2 Å². The highest BCUT2D eigenvalue weighted by molar-refractivity contribution is 6.31. The Morgan fingerprint density at radius 3 is 2.48 bits per heavy atom. The molecule has 1 heterocycles. The number of nitrogens with two attached hydrogens (primary N) is 1. The normalized spacial score (nSPS) is 10.6. The molecule has 0 fully saturated rings. The van der Waals surface area contributed by atoms with Gasteiger partial charge in [0.05, 0.1) is 12.2 Å². The van der Waals surface area contributed by atoms with Crippen molar-refractivity contribution in [2.75, 3.05) is 0 Å². The molecule has 3 aromatic rings. The molecular formula is C19H17ClN4O3. The standard InChI is InChI=1S/C19H17ClN4O3/c1-12(25)27-11-18-23-22-17(10-21)24(18)16-8-7-14(20)9-15(16)19(26)13-5-3-2-4-6-13/h2-9H,10-11,21H2,1H3. The summed E-state index contributed by atoms with van der Waals surface area (Å²) in [5.74, 6) is 0.135. The number of esters is 1. The molecule has 0 aliphatic heterocycles. The summed E-state index contributed by atoms with van der Waals surface area (Å²) in [5.41, 5.74) is 7.18. The Bertz CT molecular complexity index is 986. The van der Waals surface area contributed by atoms with Gasteiger partial charge in [-0.25, -0.2) is 0 Å². The second-order valence-corrected chi connectivity index (χ2v) is 6.15. The fraction of sp³-hybridized carbons (Fsp3) is 0.158. The monoisotopic (exact) mass is 384 g/mol. The zero-order valence-corrected chi connectivity index (χ0v) is 15.3. The van der Waals surface area contributed by atoms with Gasteiger partial charge < -0.3 is 10.5 Å². The first-order valence-corrected chi connectivity index (χ1v) is 8.55. The summed E-state index contributed by atoms with van der Waals surface area (Å²) < 4.78 is 6.66. The number of rotatable bonds is 6. The van der Waals surface area contributed by atoms with Crippen LogP contribution in [-0.4, -0.2) is 26.5 Å². The maximum absolute atomic E-state index is 13.1. The van der Waals surface area contributed by atoms with E-state index >= 15 is 0 Å². The largest absolute Gasteiger partial charge is 0.458 e. The SMILES string of the molecule is CC(=O)OCc1nnc(CN)n1-c1ccc(Cl)cc1C(=O)c1ccccc1. The number of benzene rings is 2. The Kier molecular flexibility index (Phi) is 5.63. The van der Waals surface area contributed by atoms with Crippen LogP contribution in [0.5, 0.6) is 0 Å². The minimum absolute atomic E-state index is 0.0919. The second kappa shape index (κ2) is 8.11. The van der Waals surface area contributed by atoms with Gasteiger partial charge in [0.1, 0.15) is 0 Å². The Labute approximate surface area is 160 Å². The zero-order chi connectivity index (χ0) is 19.4. The Morgan fingerprint density at radius 2 is 1.81 bits per heavy atom. The van der Waals surface area contributed by atoms with Gasteiger partial charge in [-0.2, -0.15) is 0 Å². The molecule has 8 heteroatoms.